The van der Waals surface area contributed by atoms with E-state index < -0.39 is 0 Å². The molecule has 1 aromatic carbocycles. The fourth-order valence-electron chi connectivity index (χ4n) is 1.87. The van der Waals surface area contributed by atoms with E-state index in [-0.39, 0.29) is 6.04 Å². The maximum Gasteiger partial charge on any atom is 0.207 e. The van der Waals surface area contributed by atoms with Crippen LogP contribution in [0, 0.1) is 0 Å². The summed E-state index contributed by atoms with van der Waals surface area (Å²) in [6.07, 6.45) is 5.83. The molecule has 1 aromatic heterocycles. The van der Waals surface area contributed by atoms with Gasteiger partial charge < -0.3 is 10.1 Å². The van der Waals surface area contributed by atoms with Crippen LogP contribution in [0.4, 0.5) is 5.95 Å². The molecule has 0 aliphatic carbocycles. The summed E-state index contributed by atoms with van der Waals surface area (Å²) in [5.41, 5.74) is 1.10. The van der Waals surface area contributed by atoms with Gasteiger partial charge in [-0.2, -0.15) is 0 Å². The largest absolute Gasteiger partial charge is 0.383 e. The molecule has 0 saturated carbocycles. The van der Waals surface area contributed by atoms with Gasteiger partial charge in [0.25, 0.3) is 0 Å². The molecule has 1 heterocycles. The Bertz CT molecular complexity index is 510. The summed E-state index contributed by atoms with van der Waals surface area (Å²) in [6, 6.07) is 8.64. The summed E-state index contributed by atoms with van der Waals surface area (Å²) < 4.78 is 7.16. The van der Waals surface area contributed by atoms with Crippen LogP contribution in [0.5, 0.6) is 0 Å². The van der Waals surface area contributed by atoms with E-state index in [1.807, 2.05) is 10.8 Å². The van der Waals surface area contributed by atoms with E-state index >= 15 is 0 Å². The zero-order chi connectivity index (χ0) is 13.7. The molecule has 4 nitrogen and oxygen atoms in total. The minimum atomic E-state index is 0.219. The maximum atomic E-state index is 5.13. The van der Waals surface area contributed by atoms with Gasteiger partial charge in [-0.25, -0.2) is 4.98 Å². The van der Waals surface area contributed by atoms with Gasteiger partial charge in [0.05, 0.1) is 6.61 Å². The number of anilines is 1. The summed E-state index contributed by atoms with van der Waals surface area (Å²) in [4.78, 5) is 5.60. The SMILES string of the molecule is COCC(C)Nc1nccn1-c1ccc(SC)cc1. The van der Waals surface area contributed by atoms with Crippen LogP contribution >= 0.6 is 11.8 Å². The number of hydrogen-bond donors (Lipinski definition) is 1. The molecule has 0 spiro atoms. The molecule has 19 heavy (non-hydrogen) atoms. The molecule has 0 aliphatic rings. The molecule has 0 bridgehead atoms. The van der Waals surface area contributed by atoms with Gasteiger partial charge in [-0.05, 0) is 37.4 Å². The smallest absolute Gasteiger partial charge is 0.207 e. The molecule has 1 atom stereocenters. The van der Waals surface area contributed by atoms with E-state index in [2.05, 4.69) is 47.7 Å². The first-order chi connectivity index (χ1) is 9.24. The highest BCUT2D eigenvalue weighted by Crippen LogP contribution is 2.19. The highest BCUT2D eigenvalue weighted by molar-refractivity contribution is 7.98. The quantitative estimate of drug-likeness (QED) is 0.824. The van der Waals surface area contributed by atoms with Crippen molar-refractivity contribution in [1.82, 2.24) is 9.55 Å². The van der Waals surface area contributed by atoms with Crippen LogP contribution in [-0.4, -0.2) is 35.6 Å². The van der Waals surface area contributed by atoms with Gasteiger partial charge in [0.1, 0.15) is 0 Å². The van der Waals surface area contributed by atoms with Gasteiger partial charge >= 0.3 is 0 Å². The molecule has 5 heteroatoms. The van der Waals surface area contributed by atoms with Gasteiger partial charge in [-0.3, -0.25) is 4.57 Å². The number of methoxy groups -OCH3 is 1. The number of nitrogens with one attached hydrogen (secondary N) is 1. The molecule has 2 aromatic rings. The first kappa shape index (κ1) is 14.0. The van der Waals surface area contributed by atoms with Crippen molar-refractivity contribution in [3.63, 3.8) is 0 Å². The standard InChI is InChI=1S/C14H19N3OS/c1-11(10-18-2)16-14-15-8-9-17(14)12-4-6-13(19-3)7-5-12/h4-9,11H,10H2,1-3H3,(H,15,16). The number of benzene rings is 1. The van der Waals surface area contributed by atoms with E-state index in [9.17, 15) is 0 Å². The monoisotopic (exact) mass is 277 g/mol. The zero-order valence-electron chi connectivity index (χ0n) is 11.5. The van der Waals surface area contributed by atoms with Crippen molar-refractivity contribution in [1.29, 1.82) is 0 Å². The molecule has 0 radical (unpaired) electrons. The van der Waals surface area contributed by atoms with Crippen LogP contribution in [0.25, 0.3) is 5.69 Å². The molecular weight excluding hydrogens is 258 g/mol. The molecule has 102 valence electrons. The normalized spacial score (nSPS) is 12.4. The van der Waals surface area contributed by atoms with Crippen molar-refractivity contribution in [2.45, 2.75) is 17.9 Å². The summed E-state index contributed by atoms with van der Waals surface area (Å²) in [5.74, 6) is 0.835. The summed E-state index contributed by atoms with van der Waals surface area (Å²) in [6.45, 7) is 2.72. The Labute approximate surface area is 118 Å². The topological polar surface area (TPSA) is 39.1 Å². The lowest BCUT2D eigenvalue weighted by atomic mass is 10.3. The first-order valence-electron chi connectivity index (χ1n) is 6.18. The highest BCUT2D eigenvalue weighted by atomic mass is 32.2. The summed E-state index contributed by atoms with van der Waals surface area (Å²) >= 11 is 1.74. The van der Waals surface area contributed by atoms with Crippen LogP contribution in [0.3, 0.4) is 0 Å². The van der Waals surface area contributed by atoms with Gasteiger partial charge in [-0.1, -0.05) is 0 Å². The third kappa shape index (κ3) is 3.52. The van der Waals surface area contributed by atoms with Crippen molar-refractivity contribution in [3.8, 4) is 5.69 Å². The minimum absolute atomic E-state index is 0.219. The Balaban J connectivity index is 2.18. The lowest BCUT2D eigenvalue weighted by molar-refractivity contribution is 0.190. The molecule has 1 unspecified atom stereocenters. The van der Waals surface area contributed by atoms with E-state index in [1.165, 1.54) is 4.90 Å². The Kier molecular flexibility index (Phi) is 4.87. The third-order valence-corrected chi connectivity index (χ3v) is 3.53. The fourth-order valence-corrected chi connectivity index (χ4v) is 2.28. The summed E-state index contributed by atoms with van der Waals surface area (Å²) in [5, 5.41) is 3.34. The third-order valence-electron chi connectivity index (χ3n) is 2.78. The lowest BCUT2D eigenvalue weighted by Crippen LogP contribution is -2.22. The predicted molar refractivity (Wildman–Crippen MR) is 80.3 cm³/mol. The maximum absolute atomic E-state index is 5.13. The average Bonchev–Trinajstić information content (AvgIpc) is 2.87. The molecule has 0 fully saturated rings. The van der Waals surface area contributed by atoms with Crippen molar-refractivity contribution in [2.75, 3.05) is 25.3 Å². The van der Waals surface area contributed by atoms with Gasteiger partial charge in [0.15, 0.2) is 0 Å². The van der Waals surface area contributed by atoms with Crippen molar-refractivity contribution in [2.24, 2.45) is 0 Å². The first-order valence-corrected chi connectivity index (χ1v) is 7.40. The van der Waals surface area contributed by atoms with E-state index in [0.717, 1.165) is 11.6 Å². The zero-order valence-corrected chi connectivity index (χ0v) is 12.3. The fraction of sp³-hybridized carbons (Fsp3) is 0.357. The van der Waals surface area contributed by atoms with Crippen LogP contribution in [0.15, 0.2) is 41.6 Å². The summed E-state index contributed by atoms with van der Waals surface area (Å²) in [7, 11) is 1.70. The van der Waals surface area contributed by atoms with Crippen molar-refractivity contribution >= 4 is 17.7 Å². The number of imidazole rings is 1. The van der Waals surface area contributed by atoms with Crippen LogP contribution in [-0.2, 0) is 4.74 Å². The molecule has 0 saturated heterocycles. The molecule has 2 rings (SSSR count). The van der Waals surface area contributed by atoms with Crippen LogP contribution < -0.4 is 5.32 Å². The minimum Gasteiger partial charge on any atom is -0.383 e. The van der Waals surface area contributed by atoms with Crippen LogP contribution in [0.2, 0.25) is 0 Å². The van der Waals surface area contributed by atoms with E-state index in [4.69, 9.17) is 4.74 Å². The average molecular weight is 277 g/mol. The van der Waals surface area contributed by atoms with Gasteiger partial charge in [0, 0.05) is 36.1 Å². The van der Waals surface area contributed by atoms with Gasteiger partial charge in [0.2, 0.25) is 5.95 Å². The second kappa shape index (κ2) is 6.63. The number of rotatable bonds is 6. The Morgan fingerprint density at radius 3 is 2.74 bits per heavy atom. The Morgan fingerprint density at radius 1 is 1.37 bits per heavy atom. The second-order valence-corrected chi connectivity index (χ2v) is 5.20. The second-order valence-electron chi connectivity index (χ2n) is 4.32. The number of aromatic nitrogens is 2. The molecule has 0 amide bonds. The molecule has 0 aliphatic heterocycles. The Morgan fingerprint density at radius 2 is 2.11 bits per heavy atom. The number of thioether (sulfide) groups is 1. The Hall–Kier alpha value is -1.46. The van der Waals surface area contributed by atoms with Crippen molar-refractivity contribution < 1.29 is 4.74 Å². The molecular formula is C14H19N3OS. The number of ether oxygens (including phenoxy) is 1. The predicted octanol–water partition coefficient (Wildman–Crippen LogP) is 3.04. The lowest BCUT2D eigenvalue weighted by Gasteiger charge is -2.15. The van der Waals surface area contributed by atoms with E-state index in [1.54, 1.807) is 25.1 Å². The van der Waals surface area contributed by atoms with Crippen LogP contribution in [0.1, 0.15) is 6.92 Å². The number of nitrogens with zero attached hydrogens (tertiary/aromatic N) is 2. The van der Waals surface area contributed by atoms with Gasteiger partial charge in [-0.15, -0.1) is 11.8 Å². The highest BCUT2D eigenvalue weighted by Gasteiger charge is 2.08. The van der Waals surface area contributed by atoms with Crippen molar-refractivity contribution in [3.05, 3.63) is 36.7 Å². The van der Waals surface area contributed by atoms with E-state index in [0.29, 0.717) is 6.61 Å². The molecule has 1 N–H and O–H groups in total. The number of hydrogen-bond acceptors (Lipinski definition) is 4.